The number of halogens is 1. The second kappa shape index (κ2) is 3.80. The first kappa shape index (κ1) is 11.2. The van der Waals surface area contributed by atoms with E-state index in [1.807, 2.05) is 6.92 Å². The third-order valence-electron chi connectivity index (χ3n) is 3.19. The van der Waals surface area contributed by atoms with Crippen molar-refractivity contribution in [3.63, 3.8) is 0 Å². The summed E-state index contributed by atoms with van der Waals surface area (Å²) in [4.78, 5) is 4.31. The summed E-state index contributed by atoms with van der Waals surface area (Å²) in [5, 5.41) is 13.6. The van der Waals surface area contributed by atoms with Crippen molar-refractivity contribution in [1.82, 2.24) is 14.8 Å². The summed E-state index contributed by atoms with van der Waals surface area (Å²) in [6, 6.07) is 6.60. The van der Waals surface area contributed by atoms with Gasteiger partial charge in [0, 0.05) is 12.1 Å². The van der Waals surface area contributed by atoms with Gasteiger partial charge < -0.3 is 5.11 Å². The lowest BCUT2D eigenvalue weighted by atomic mass is 10.2. The fourth-order valence-electron chi connectivity index (χ4n) is 1.96. The molecule has 0 saturated heterocycles. The van der Waals surface area contributed by atoms with E-state index in [-0.39, 0.29) is 5.75 Å². The summed E-state index contributed by atoms with van der Waals surface area (Å²) >= 11 is 0. The maximum atomic E-state index is 14.1. The molecule has 2 aromatic rings. The number of phenols is 1. The fourth-order valence-corrected chi connectivity index (χ4v) is 1.96. The highest BCUT2D eigenvalue weighted by atomic mass is 19.1. The number of hydrogen-bond donors (Lipinski definition) is 1. The van der Waals surface area contributed by atoms with Crippen LogP contribution >= 0.6 is 0 Å². The highest BCUT2D eigenvalue weighted by Crippen LogP contribution is 2.49. The van der Waals surface area contributed by atoms with Gasteiger partial charge in [0.05, 0.1) is 0 Å². The summed E-state index contributed by atoms with van der Waals surface area (Å²) < 4.78 is 15.7. The smallest absolute Gasteiger partial charge is 0.181 e. The summed E-state index contributed by atoms with van der Waals surface area (Å²) in [5.74, 6) is 1.13. The lowest BCUT2D eigenvalue weighted by molar-refractivity contribution is 0.286. The molecule has 1 aliphatic rings. The van der Waals surface area contributed by atoms with Crippen molar-refractivity contribution >= 4 is 0 Å². The van der Waals surface area contributed by atoms with Crippen molar-refractivity contribution in [3.8, 4) is 17.1 Å². The topological polar surface area (TPSA) is 50.9 Å². The second-order valence-corrected chi connectivity index (χ2v) is 4.59. The number of hydrogen-bond acceptors (Lipinski definition) is 3. The minimum absolute atomic E-state index is 0.193. The van der Waals surface area contributed by atoms with Gasteiger partial charge in [-0.3, -0.25) is 0 Å². The van der Waals surface area contributed by atoms with Crippen LogP contribution in [-0.2, 0) is 12.2 Å². The van der Waals surface area contributed by atoms with Crippen molar-refractivity contribution in [2.75, 3.05) is 0 Å². The van der Waals surface area contributed by atoms with Crippen LogP contribution in [0.15, 0.2) is 24.3 Å². The lowest BCUT2D eigenvalue weighted by Crippen LogP contribution is -2.10. The molecule has 0 unspecified atom stereocenters. The molecule has 5 heteroatoms. The third kappa shape index (κ3) is 1.75. The molecule has 1 saturated carbocycles. The van der Waals surface area contributed by atoms with Crippen LogP contribution in [0.2, 0.25) is 0 Å². The summed E-state index contributed by atoms with van der Waals surface area (Å²) in [6.45, 7) is 2.52. The molecule has 3 rings (SSSR count). The zero-order valence-corrected chi connectivity index (χ0v) is 10.1. The highest BCUT2D eigenvalue weighted by molar-refractivity contribution is 5.56. The van der Waals surface area contributed by atoms with Gasteiger partial charge in [0.2, 0.25) is 0 Å². The Morgan fingerprint density at radius 2 is 2.00 bits per heavy atom. The molecule has 4 nitrogen and oxygen atoms in total. The molecule has 1 fully saturated rings. The van der Waals surface area contributed by atoms with E-state index in [4.69, 9.17) is 0 Å². The van der Waals surface area contributed by atoms with Crippen molar-refractivity contribution in [1.29, 1.82) is 0 Å². The van der Waals surface area contributed by atoms with Crippen molar-refractivity contribution in [2.45, 2.75) is 32.0 Å². The number of alkyl halides is 1. The summed E-state index contributed by atoms with van der Waals surface area (Å²) in [5.41, 5.74) is -0.497. The maximum absolute atomic E-state index is 14.1. The summed E-state index contributed by atoms with van der Waals surface area (Å²) in [7, 11) is 0. The number of rotatable bonds is 3. The van der Waals surface area contributed by atoms with Crippen LogP contribution in [-0.4, -0.2) is 19.9 Å². The first-order valence-corrected chi connectivity index (χ1v) is 6.06. The molecule has 0 radical (unpaired) electrons. The van der Waals surface area contributed by atoms with E-state index < -0.39 is 5.67 Å². The number of aromatic nitrogens is 3. The Bertz CT molecular complexity index is 572. The van der Waals surface area contributed by atoms with Crippen LogP contribution in [0.5, 0.6) is 5.75 Å². The molecule has 1 aliphatic carbocycles. The van der Waals surface area contributed by atoms with E-state index in [1.54, 1.807) is 28.9 Å². The maximum Gasteiger partial charge on any atom is 0.181 e. The van der Waals surface area contributed by atoms with Gasteiger partial charge in [0.1, 0.15) is 5.75 Å². The van der Waals surface area contributed by atoms with E-state index >= 15 is 0 Å². The van der Waals surface area contributed by atoms with Crippen LogP contribution in [0.25, 0.3) is 11.4 Å². The van der Waals surface area contributed by atoms with Crippen LogP contribution in [0.1, 0.15) is 25.6 Å². The molecular formula is C13H14FN3O. The zero-order valence-electron chi connectivity index (χ0n) is 10.1. The molecule has 94 valence electrons. The molecule has 18 heavy (non-hydrogen) atoms. The molecule has 1 heterocycles. The fraction of sp³-hybridized carbons (Fsp3) is 0.385. The normalized spacial score (nSPS) is 16.8. The second-order valence-electron chi connectivity index (χ2n) is 4.59. The van der Waals surface area contributed by atoms with E-state index in [0.717, 1.165) is 5.56 Å². The van der Waals surface area contributed by atoms with Crippen LogP contribution in [0, 0.1) is 0 Å². The van der Waals surface area contributed by atoms with Gasteiger partial charge in [0.25, 0.3) is 0 Å². The molecule has 1 aromatic carbocycles. The number of aromatic hydroxyl groups is 1. The predicted molar refractivity (Wildman–Crippen MR) is 64.8 cm³/mol. The zero-order chi connectivity index (χ0) is 12.8. The van der Waals surface area contributed by atoms with E-state index in [9.17, 15) is 9.50 Å². The Kier molecular flexibility index (Phi) is 2.36. The van der Waals surface area contributed by atoms with Gasteiger partial charge in [-0.2, -0.15) is 5.10 Å². The molecule has 1 N–H and O–H groups in total. The lowest BCUT2D eigenvalue weighted by Gasteiger charge is -2.04. The van der Waals surface area contributed by atoms with E-state index in [1.165, 1.54) is 0 Å². The first-order valence-electron chi connectivity index (χ1n) is 6.06. The quantitative estimate of drug-likeness (QED) is 0.907. The van der Waals surface area contributed by atoms with Crippen LogP contribution in [0.3, 0.4) is 0 Å². The first-order chi connectivity index (χ1) is 8.62. The largest absolute Gasteiger partial charge is 0.508 e. The van der Waals surface area contributed by atoms with Crippen molar-refractivity contribution in [2.24, 2.45) is 0 Å². The Labute approximate surface area is 104 Å². The number of nitrogens with zero attached hydrogens (tertiary/aromatic N) is 3. The van der Waals surface area contributed by atoms with Gasteiger partial charge in [-0.05, 0) is 44.0 Å². The number of benzene rings is 1. The number of aryl methyl sites for hydroxylation is 1. The average Bonchev–Trinajstić information content (AvgIpc) is 2.96. The molecular weight excluding hydrogens is 233 g/mol. The van der Waals surface area contributed by atoms with Gasteiger partial charge >= 0.3 is 0 Å². The van der Waals surface area contributed by atoms with Crippen molar-refractivity contribution in [3.05, 3.63) is 30.1 Å². The van der Waals surface area contributed by atoms with Crippen LogP contribution < -0.4 is 0 Å². The Morgan fingerprint density at radius 3 is 2.56 bits per heavy atom. The number of phenolic OH excluding ortho intramolecular Hbond substituents is 1. The van der Waals surface area contributed by atoms with Gasteiger partial charge in [-0.1, -0.05) is 0 Å². The Hall–Kier alpha value is -1.91. The minimum Gasteiger partial charge on any atom is -0.508 e. The third-order valence-corrected chi connectivity index (χ3v) is 3.19. The SMILES string of the molecule is CCn1nc(-c2ccc(O)cc2)nc1C1(F)CC1. The average molecular weight is 247 g/mol. The molecule has 0 spiro atoms. The molecule has 0 amide bonds. The minimum atomic E-state index is -1.28. The Morgan fingerprint density at radius 1 is 1.33 bits per heavy atom. The molecule has 0 aliphatic heterocycles. The van der Waals surface area contributed by atoms with Gasteiger partial charge in [-0.15, -0.1) is 0 Å². The standard InChI is InChI=1S/C13H14FN3O/c1-2-17-12(13(14)7-8-13)15-11(16-17)9-3-5-10(18)6-4-9/h3-6,18H,2,7-8H2,1H3. The predicted octanol–water partition coefficient (Wildman–Crippen LogP) is 2.63. The Balaban J connectivity index is 2.03. The molecule has 1 aromatic heterocycles. The van der Waals surface area contributed by atoms with Gasteiger partial charge in [-0.25, -0.2) is 14.1 Å². The molecule has 0 bridgehead atoms. The van der Waals surface area contributed by atoms with Gasteiger partial charge in [0.15, 0.2) is 17.3 Å². The van der Waals surface area contributed by atoms with E-state index in [0.29, 0.717) is 31.0 Å². The highest BCUT2D eigenvalue weighted by Gasteiger charge is 2.49. The van der Waals surface area contributed by atoms with E-state index in [2.05, 4.69) is 10.1 Å². The van der Waals surface area contributed by atoms with Crippen LogP contribution in [0.4, 0.5) is 4.39 Å². The summed E-state index contributed by atoms with van der Waals surface area (Å²) in [6.07, 6.45) is 1.06. The monoisotopic (exact) mass is 247 g/mol. The molecule has 0 atom stereocenters. The van der Waals surface area contributed by atoms with Crippen molar-refractivity contribution < 1.29 is 9.50 Å².